The second kappa shape index (κ2) is 5.71. The minimum absolute atomic E-state index is 0.234. The summed E-state index contributed by atoms with van der Waals surface area (Å²) in [6, 6.07) is 4.05. The van der Waals surface area contributed by atoms with Crippen LogP contribution < -0.4 is 5.32 Å². The highest BCUT2D eigenvalue weighted by atomic mass is 127. The Morgan fingerprint density at radius 3 is 2.93 bits per heavy atom. The highest BCUT2D eigenvalue weighted by Crippen LogP contribution is 2.13. The predicted molar refractivity (Wildman–Crippen MR) is 64.9 cm³/mol. The summed E-state index contributed by atoms with van der Waals surface area (Å²) >= 11 is 1.93. The Balaban J connectivity index is 2.76. The summed E-state index contributed by atoms with van der Waals surface area (Å²) in [6.07, 6.45) is 0. The SMILES string of the molecule is CC#CCNC(=O)c1ccc(F)cc1I. The van der Waals surface area contributed by atoms with Gasteiger partial charge in [-0.15, -0.1) is 5.92 Å². The monoisotopic (exact) mass is 317 g/mol. The van der Waals surface area contributed by atoms with E-state index >= 15 is 0 Å². The smallest absolute Gasteiger partial charge is 0.253 e. The lowest BCUT2D eigenvalue weighted by Crippen LogP contribution is -2.24. The highest BCUT2D eigenvalue weighted by Gasteiger charge is 2.09. The minimum Gasteiger partial charge on any atom is -0.341 e. The van der Waals surface area contributed by atoms with Gasteiger partial charge in [-0.1, -0.05) is 5.92 Å². The second-order valence-corrected chi connectivity index (χ2v) is 3.90. The Morgan fingerprint density at radius 2 is 2.33 bits per heavy atom. The fourth-order valence-corrected chi connectivity index (χ4v) is 1.70. The van der Waals surface area contributed by atoms with E-state index in [1.807, 2.05) is 22.6 Å². The van der Waals surface area contributed by atoms with E-state index in [0.717, 1.165) is 0 Å². The summed E-state index contributed by atoms with van der Waals surface area (Å²) in [5, 5.41) is 2.62. The van der Waals surface area contributed by atoms with Crippen molar-refractivity contribution in [2.75, 3.05) is 6.54 Å². The molecule has 1 N–H and O–H groups in total. The Hall–Kier alpha value is -1.09. The summed E-state index contributed by atoms with van der Waals surface area (Å²) in [6.45, 7) is 2.01. The first kappa shape index (κ1) is 12.0. The van der Waals surface area contributed by atoms with Gasteiger partial charge in [-0.25, -0.2) is 4.39 Å². The van der Waals surface area contributed by atoms with Crippen molar-refractivity contribution < 1.29 is 9.18 Å². The number of halogens is 2. The molecule has 0 spiro atoms. The number of carbonyl (C=O) groups is 1. The van der Waals surface area contributed by atoms with Gasteiger partial charge >= 0.3 is 0 Å². The van der Waals surface area contributed by atoms with Gasteiger partial charge in [0.25, 0.3) is 5.91 Å². The van der Waals surface area contributed by atoms with Gasteiger partial charge < -0.3 is 5.32 Å². The van der Waals surface area contributed by atoms with Crippen LogP contribution in [0.25, 0.3) is 0 Å². The third kappa shape index (κ3) is 3.51. The Kier molecular flexibility index (Phi) is 4.56. The first-order chi connectivity index (χ1) is 7.15. The van der Waals surface area contributed by atoms with E-state index in [4.69, 9.17) is 0 Å². The zero-order valence-corrected chi connectivity index (χ0v) is 10.3. The van der Waals surface area contributed by atoms with Crippen LogP contribution in [0.2, 0.25) is 0 Å². The molecule has 0 aliphatic heterocycles. The predicted octanol–water partition coefficient (Wildman–Crippen LogP) is 2.18. The molecule has 0 atom stereocenters. The van der Waals surface area contributed by atoms with Gasteiger partial charge in [0, 0.05) is 3.57 Å². The van der Waals surface area contributed by atoms with Crippen LogP contribution in [0.1, 0.15) is 17.3 Å². The van der Waals surface area contributed by atoms with Crippen LogP contribution in [0.4, 0.5) is 4.39 Å². The van der Waals surface area contributed by atoms with Crippen molar-refractivity contribution in [3.8, 4) is 11.8 Å². The van der Waals surface area contributed by atoms with Crippen molar-refractivity contribution in [2.24, 2.45) is 0 Å². The molecule has 0 heterocycles. The standard InChI is InChI=1S/C11H9FINO/c1-2-3-6-14-11(15)9-5-4-8(12)7-10(9)13/h4-5,7H,6H2,1H3,(H,14,15). The lowest BCUT2D eigenvalue weighted by molar-refractivity contribution is 0.0958. The molecule has 0 fully saturated rings. The van der Waals surface area contributed by atoms with E-state index in [1.54, 1.807) is 6.92 Å². The van der Waals surface area contributed by atoms with Gasteiger partial charge in [-0.05, 0) is 47.7 Å². The summed E-state index contributed by atoms with van der Waals surface area (Å²) in [5.74, 6) is 4.82. The van der Waals surface area contributed by atoms with Crippen LogP contribution >= 0.6 is 22.6 Å². The molecule has 0 radical (unpaired) electrons. The van der Waals surface area contributed by atoms with E-state index in [2.05, 4.69) is 17.2 Å². The van der Waals surface area contributed by atoms with E-state index < -0.39 is 0 Å². The zero-order valence-electron chi connectivity index (χ0n) is 8.10. The molecule has 1 rings (SSSR count). The highest BCUT2D eigenvalue weighted by molar-refractivity contribution is 14.1. The molecule has 2 nitrogen and oxygen atoms in total. The topological polar surface area (TPSA) is 29.1 Å². The summed E-state index contributed by atoms with van der Waals surface area (Å²) in [5.41, 5.74) is 0.468. The van der Waals surface area contributed by atoms with Crippen LogP contribution in [-0.2, 0) is 0 Å². The average Bonchev–Trinajstić information content (AvgIpc) is 2.17. The third-order valence-corrected chi connectivity index (χ3v) is 2.58. The quantitative estimate of drug-likeness (QED) is 0.657. The molecule has 1 aromatic rings. The Morgan fingerprint density at radius 1 is 1.60 bits per heavy atom. The van der Waals surface area contributed by atoms with Crippen molar-refractivity contribution >= 4 is 28.5 Å². The van der Waals surface area contributed by atoms with Crippen LogP contribution in [-0.4, -0.2) is 12.5 Å². The fraction of sp³-hybridized carbons (Fsp3) is 0.182. The molecule has 0 aromatic heterocycles. The number of hydrogen-bond donors (Lipinski definition) is 1. The molecule has 0 saturated heterocycles. The molecular weight excluding hydrogens is 308 g/mol. The van der Waals surface area contributed by atoms with Crippen molar-refractivity contribution in [2.45, 2.75) is 6.92 Å². The zero-order chi connectivity index (χ0) is 11.3. The van der Waals surface area contributed by atoms with Crippen LogP contribution in [0, 0.1) is 21.2 Å². The lowest BCUT2D eigenvalue weighted by Gasteiger charge is -2.03. The first-order valence-electron chi connectivity index (χ1n) is 4.28. The van der Waals surface area contributed by atoms with Gasteiger partial charge in [0.15, 0.2) is 0 Å². The molecule has 0 aliphatic carbocycles. The molecular formula is C11H9FINO. The van der Waals surface area contributed by atoms with Gasteiger partial charge in [-0.2, -0.15) is 0 Å². The van der Waals surface area contributed by atoms with Crippen molar-refractivity contribution in [1.82, 2.24) is 5.32 Å². The van der Waals surface area contributed by atoms with Crippen molar-refractivity contribution in [3.63, 3.8) is 0 Å². The average molecular weight is 317 g/mol. The normalized spacial score (nSPS) is 9.00. The van der Waals surface area contributed by atoms with E-state index in [0.29, 0.717) is 15.7 Å². The second-order valence-electron chi connectivity index (χ2n) is 2.73. The number of carbonyl (C=O) groups excluding carboxylic acids is 1. The molecule has 0 saturated carbocycles. The number of nitrogens with one attached hydrogen (secondary N) is 1. The molecule has 0 unspecified atom stereocenters. The van der Waals surface area contributed by atoms with Crippen molar-refractivity contribution in [3.05, 3.63) is 33.1 Å². The summed E-state index contributed by atoms with van der Waals surface area (Å²) in [7, 11) is 0. The van der Waals surface area contributed by atoms with E-state index in [-0.39, 0.29) is 11.7 Å². The minimum atomic E-state index is -0.343. The van der Waals surface area contributed by atoms with Gasteiger partial charge in [0.1, 0.15) is 5.82 Å². The maximum atomic E-state index is 12.8. The largest absolute Gasteiger partial charge is 0.341 e. The number of benzene rings is 1. The first-order valence-corrected chi connectivity index (χ1v) is 5.36. The maximum Gasteiger partial charge on any atom is 0.253 e. The molecule has 0 bridgehead atoms. The Bertz CT molecular complexity index is 434. The van der Waals surface area contributed by atoms with Gasteiger partial charge in [0.05, 0.1) is 12.1 Å². The van der Waals surface area contributed by atoms with Gasteiger partial charge in [-0.3, -0.25) is 4.79 Å². The van der Waals surface area contributed by atoms with Crippen molar-refractivity contribution in [1.29, 1.82) is 0 Å². The van der Waals surface area contributed by atoms with Gasteiger partial charge in [0.2, 0.25) is 0 Å². The van der Waals surface area contributed by atoms with Crippen LogP contribution in [0.3, 0.4) is 0 Å². The molecule has 0 aliphatic rings. The van der Waals surface area contributed by atoms with E-state index in [9.17, 15) is 9.18 Å². The van der Waals surface area contributed by atoms with Crippen LogP contribution in [0.15, 0.2) is 18.2 Å². The van der Waals surface area contributed by atoms with E-state index in [1.165, 1.54) is 18.2 Å². The third-order valence-electron chi connectivity index (χ3n) is 1.69. The number of hydrogen-bond acceptors (Lipinski definition) is 1. The molecule has 78 valence electrons. The Labute approximate surface area is 101 Å². The summed E-state index contributed by atoms with van der Waals surface area (Å²) in [4.78, 5) is 11.5. The summed E-state index contributed by atoms with van der Waals surface area (Å²) < 4.78 is 13.4. The lowest BCUT2D eigenvalue weighted by atomic mass is 10.2. The van der Waals surface area contributed by atoms with Crippen LogP contribution in [0.5, 0.6) is 0 Å². The molecule has 15 heavy (non-hydrogen) atoms. The number of rotatable bonds is 2. The maximum absolute atomic E-state index is 12.8. The molecule has 1 amide bonds. The molecule has 4 heteroatoms. The fourth-order valence-electron chi connectivity index (χ4n) is 0.982. The number of amides is 1. The molecule has 1 aromatic carbocycles.